The highest BCUT2D eigenvalue weighted by Crippen LogP contribution is 2.92. The van der Waals surface area contributed by atoms with Crippen molar-refractivity contribution in [3.63, 3.8) is 0 Å². The molecule has 7 rings (SSSR count). The Bertz CT molecular complexity index is 1310. The zero-order chi connectivity index (χ0) is 20.5. The number of hydrogen-bond donors (Lipinski definition) is 0. The second-order valence-corrected chi connectivity index (χ2v) is 10.3. The Morgan fingerprint density at radius 1 is 0.690 bits per heavy atom. The second-order valence-electron chi connectivity index (χ2n) is 10.3. The highest BCUT2D eigenvalue weighted by atomic mass is 16.2. The van der Waals surface area contributed by atoms with Crippen LogP contribution in [0.3, 0.4) is 0 Å². The molecule has 4 heterocycles. The van der Waals surface area contributed by atoms with Gasteiger partial charge in [-0.25, -0.2) is 47.0 Å². The van der Waals surface area contributed by atoms with Crippen LogP contribution in [-0.2, 0) is 25.2 Å². The Balaban J connectivity index is 1.59. The van der Waals surface area contributed by atoms with Gasteiger partial charge in [0.25, 0.3) is 0 Å². The van der Waals surface area contributed by atoms with Gasteiger partial charge in [0.2, 0.25) is 0 Å². The first-order chi connectivity index (χ1) is 13.6. The Kier molecular flexibility index (Phi) is 2.20. The van der Waals surface area contributed by atoms with E-state index in [2.05, 4.69) is 13.8 Å². The van der Waals surface area contributed by atoms with Crippen molar-refractivity contribution in [3.05, 3.63) is 41.9 Å². The van der Waals surface area contributed by atoms with Crippen LogP contribution in [0, 0.1) is 10.8 Å². The Morgan fingerprint density at radius 2 is 1.07 bits per heavy atom. The van der Waals surface area contributed by atoms with E-state index in [9.17, 15) is 19.2 Å². The fraction of sp³-hybridized carbons (Fsp3) is 0.789. The molecular formula is C19H24N6O4. The van der Waals surface area contributed by atoms with Gasteiger partial charge < -0.3 is 0 Å². The van der Waals surface area contributed by atoms with E-state index in [1.807, 2.05) is 0 Å². The molecule has 5 aliphatic rings. The van der Waals surface area contributed by atoms with E-state index in [4.69, 9.17) is 0 Å². The fourth-order valence-electron chi connectivity index (χ4n) is 8.87. The van der Waals surface area contributed by atoms with Crippen molar-refractivity contribution in [1.29, 1.82) is 0 Å². The number of fused-ring (bicyclic) bond motifs is 6. The molecule has 3 fully saturated rings. The van der Waals surface area contributed by atoms with Gasteiger partial charge in [0, 0.05) is 24.9 Å². The molecule has 0 bridgehead atoms. The SMILES string of the molecule is Cn1c(=O)n2n(c1=O)C1(C)CC[C@@H]3n4c(=O)n(C)c(=O)n4[C@]4(C)CCC2C12C[C@@]324. The minimum atomic E-state index is -0.480. The molecule has 0 saturated heterocycles. The van der Waals surface area contributed by atoms with Crippen LogP contribution >= 0.6 is 0 Å². The molecule has 6 atom stereocenters. The lowest BCUT2D eigenvalue weighted by atomic mass is 9.54. The van der Waals surface area contributed by atoms with Crippen LogP contribution in [0.4, 0.5) is 0 Å². The summed E-state index contributed by atoms with van der Waals surface area (Å²) in [7, 11) is 3.09. The minimum absolute atomic E-state index is 0.0612. The predicted molar refractivity (Wildman–Crippen MR) is 101 cm³/mol. The molecule has 2 aromatic rings. The van der Waals surface area contributed by atoms with Gasteiger partial charge in [-0.15, -0.1) is 0 Å². The zero-order valence-corrected chi connectivity index (χ0v) is 17.0. The van der Waals surface area contributed by atoms with E-state index in [-0.39, 0.29) is 45.7 Å². The molecule has 0 amide bonds. The third-order valence-corrected chi connectivity index (χ3v) is 9.96. The summed E-state index contributed by atoms with van der Waals surface area (Å²) < 4.78 is 9.31. The largest absolute Gasteiger partial charge is 0.347 e. The van der Waals surface area contributed by atoms with E-state index in [0.29, 0.717) is 12.8 Å². The zero-order valence-electron chi connectivity index (χ0n) is 17.0. The van der Waals surface area contributed by atoms with Crippen LogP contribution in [0.5, 0.6) is 0 Å². The highest BCUT2D eigenvalue weighted by molar-refractivity contribution is 5.40. The molecule has 2 aliphatic heterocycles. The van der Waals surface area contributed by atoms with Gasteiger partial charge in [-0.3, -0.25) is 0 Å². The van der Waals surface area contributed by atoms with Gasteiger partial charge in [0.1, 0.15) is 0 Å². The first-order valence-electron chi connectivity index (χ1n) is 10.4. The van der Waals surface area contributed by atoms with Gasteiger partial charge in [0.05, 0.1) is 23.2 Å². The number of rotatable bonds is 0. The molecule has 154 valence electrons. The molecule has 10 nitrogen and oxygen atoms in total. The van der Waals surface area contributed by atoms with Crippen LogP contribution in [0.1, 0.15) is 58.0 Å². The maximum atomic E-state index is 13.1. The molecule has 2 aromatic heterocycles. The molecular weight excluding hydrogens is 376 g/mol. The maximum absolute atomic E-state index is 13.1. The topological polar surface area (TPSA) is 97.9 Å². The molecule has 0 aromatic carbocycles. The van der Waals surface area contributed by atoms with E-state index in [1.54, 1.807) is 32.8 Å². The van der Waals surface area contributed by atoms with Crippen molar-refractivity contribution >= 4 is 0 Å². The van der Waals surface area contributed by atoms with Gasteiger partial charge >= 0.3 is 22.8 Å². The number of hydrogen-bond acceptors (Lipinski definition) is 4. The molecule has 29 heavy (non-hydrogen) atoms. The average Bonchev–Trinajstić information content (AvgIpc) is 3.17. The van der Waals surface area contributed by atoms with E-state index >= 15 is 0 Å². The monoisotopic (exact) mass is 400 g/mol. The first kappa shape index (κ1) is 16.3. The van der Waals surface area contributed by atoms with Crippen molar-refractivity contribution in [2.45, 2.75) is 69.1 Å². The summed E-state index contributed by atoms with van der Waals surface area (Å²) in [5.74, 6) is 0. The summed E-state index contributed by atoms with van der Waals surface area (Å²) >= 11 is 0. The summed E-state index contributed by atoms with van der Waals surface area (Å²) in [5, 5.41) is 0. The van der Waals surface area contributed by atoms with Crippen LogP contribution in [0.15, 0.2) is 19.2 Å². The van der Waals surface area contributed by atoms with Gasteiger partial charge in [0.15, 0.2) is 0 Å². The van der Waals surface area contributed by atoms with Crippen molar-refractivity contribution in [1.82, 2.24) is 27.9 Å². The lowest BCUT2D eigenvalue weighted by Gasteiger charge is -2.51. The summed E-state index contributed by atoms with van der Waals surface area (Å²) in [6.07, 6.45) is 3.71. The van der Waals surface area contributed by atoms with Crippen LogP contribution in [-0.4, -0.2) is 27.9 Å². The number of aromatic nitrogens is 6. The van der Waals surface area contributed by atoms with E-state index < -0.39 is 11.1 Å². The van der Waals surface area contributed by atoms with Crippen molar-refractivity contribution in [2.24, 2.45) is 24.9 Å². The second kappa shape index (κ2) is 3.91. The van der Waals surface area contributed by atoms with Gasteiger partial charge in [-0.05, 0) is 46.0 Å². The van der Waals surface area contributed by atoms with Crippen LogP contribution in [0.25, 0.3) is 0 Å². The van der Waals surface area contributed by atoms with E-state index in [1.165, 1.54) is 9.13 Å². The third-order valence-electron chi connectivity index (χ3n) is 9.96. The lowest BCUT2D eigenvalue weighted by molar-refractivity contribution is -0.0291. The summed E-state index contributed by atoms with van der Waals surface area (Å²) in [6.45, 7) is 4.24. The summed E-state index contributed by atoms with van der Waals surface area (Å²) in [6, 6.07) is -0.122. The van der Waals surface area contributed by atoms with Gasteiger partial charge in [-0.2, -0.15) is 0 Å². The highest BCUT2D eigenvalue weighted by Gasteiger charge is 2.93. The molecule has 0 radical (unpaired) electrons. The van der Waals surface area contributed by atoms with Crippen molar-refractivity contribution in [3.8, 4) is 0 Å². The standard InChI is InChI=1S/C19H24N6O4/c1-16-7-5-11-19-9-18(16,19)10(22-12(26)20(3)14(28)24(16)22)6-8-17(19,2)25-15(29)21(4)13(27)23(11)25/h10-11H,5-9H2,1-4H3/t10-,11?,16+,17?,18-,19?/m0/s1. The Labute approximate surface area is 164 Å². The smallest absolute Gasteiger partial charge is 0.246 e. The molecule has 2 spiro atoms. The first-order valence-corrected chi connectivity index (χ1v) is 10.4. The van der Waals surface area contributed by atoms with Gasteiger partial charge in [-0.1, -0.05) is 0 Å². The molecule has 3 aliphatic carbocycles. The van der Waals surface area contributed by atoms with Crippen LogP contribution in [0.2, 0.25) is 0 Å². The Morgan fingerprint density at radius 3 is 1.45 bits per heavy atom. The van der Waals surface area contributed by atoms with E-state index in [0.717, 1.165) is 19.3 Å². The third kappa shape index (κ3) is 1.11. The molecule has 3 saturated carbocycles. The maximum Gasteiger partial charge on any atom is 0.347 e. The lowest BCUT2D eigenvalue weighted by Crippen LogP contribution is -2.56. The predicted octanol–water partition coefficient (Wildman–Crippen LogP) is -0.785. The number of nitrogens with zero attached hydrogens (tertiary/aromatic N) is 6. The van der Waals surface area contributed by atoms with Crippen molar-refractivity contribution in [2.75, 3.05) is 0 Å². The molecule has 10 heteroatoms. The van der Waals surface area contributed by atoms with Crippen LogP contribution < -0.4 is 22.8 Å². The fourth-order valence-corrected chi connectivity index (χ4v) is 8.87. The Hall–Kier alpha value is -2.52. The average molecular weight is 400 g/mol. The summed E-state index contributed by atoms with van der Waals surface area (Å²) in [5.41, 5.74) is -2.52. The normalized spacial score (nSPS) is 45.0. The molecule has 3 unspecified atom stereocenters. The quantitative estimate of drug-likeness (QED) is 0.579. The minimum Gasteiger partial charge on any atom is -0.246 e. The van der Waals surface area contributed by atoms with Crippen molar-refractivity contribution < 1.29 is 0 Å². The molecule has 0 N–H and O–H groups in total. The summed E-state index contributed by atoms with van der Waals surface area (Å²) in [4.78, 5) is 52.1.